The summed E-state index contributed by atoms with van der Waals surface area (Å²) in [5, 5.41) is 12.0. The molecule has 2 aromatic rings. The number of ether oxygens (including phenoxy) is 1. The standard InChI is InChI=1S/C14H21N5O/c1-4-5-6-10(2)19-14(16-17-18-19)12-9-11(15)7-8-13(12)20-3/h7-10H,4-6,15H2,1-3H3. The molecule has 0 fully saturated rings. The van der Waals surface area contributed by atoms with Gasteiger partial charge in [0.15, 0.2) is 5.82 Å². The third-order valence-corrected chi connectivity index (χ3v) is 3.35. The lowest BCUT2D eigenvalue weighted by molar-refractivity contribution is 0.413. The molecule has 1 aromatic carbocycles. The van der Waals surface area contributed by atoms with Crippen molar-refractivity contribution in [3.05, 3.63) is 18.2 Å². The minimum absolute atomic E-state index is 0.242. The van der Waals surface area contributed by atoms with E-state index in [1.165, 1.54) is 0 Å². The van der Waals surface area contributed by atoms with Gasteiger partial charge in [-0.1, -0.05) is 19.8 Å². The van der Waals surface area contributed by atoms with Crippen molar-refractivity contribution in [2.24, 2.45) is 0 Å². The lowest BCUT2D eigenvalue weighted by Crippen LogP contribution is -2.09. The number of aromatic nitrogens is 4. The van der Waals surface area contributed by atoms with E-state index in [0.717, 1.165) is 30.6 Å². The number of benzene rings is 1. The molecule has 1 unspecified atom stereocenters. The van der Waals surface area contributed by atoms with E-state index in [-0.39, 0.29) is 6.04 Å². The predicted molar refractivity (Wildman–Crippen MR) is 78.5 cm³/mol. The Hall–Kier alpha value is -2.11. The van der Waals surface area contributed by atoms with E-state index in [2.05, 4.69) is 29.4 Å². The first kappa shape index (κ1) is 14.3. The summed E-state index contributed by atoms with van der Waals surface area (Å²) >= 11 is 0. The van der Waals surface area contributed by atoms with E-state index in [9.17, 15) is 0 Å². The second-order valence-electron chi connectivity index (χ2n) is 4.90. The van der Waals surface area contributed by atoms with E-state index in [4.69, 9.17) is 10.5 Å². The Kier molecular flexibility index (Phi) is 4.55. The van der Waals surface area contributed by atoms with Crippen LogP contribution in [-0.2, 0) is 0 Å². The van der Waals surface area contributed by atoms with Crippen LogP contribution in [0, 0.1) is 0 Å². The third kappa shape index (κ3) is 2.89. The molecule has 0 saturated carbocycles. The summed E-state index contributed by atoms with van der Waals surface area (Å²) in [6.07, 6.45) is 3.34. The largest absolute Gasteiger partial charge is 0.496 e. The van der Waals surface area contributed by atoms with Gasteiger partial charge in [-0.3, -0.25) is 0 Å². The first-order valence-electron chi connectivity index (χ1n) is 6.89. The fourth-order valence-corrected chi connectivity index (χ4v) is 2.19. The quantitative estimate of drug-likeness (QED) is 0.820. The zero-order chi connectivity index (χ0) is 14.5. The number of nitrogen functional groups attached to an aromatic ring is 1. The minimum Gasteiger partial charge on any atom is -0.496 e. The first-order chi connectivity index (χ1) is 9.67. The summed E-state index contributed by atoms with van der Waals surface area (Å²) in [7, 11) is 1.63. The van der Waals surface area contributed by atoms with Crippen LogP contribution in [0.5, 0.6) is 5.75 Å². The van der Waals surface area contributed by atoms with Crippen LogP contribution >= 0.6 is 0 Å². The van der Waals surface area contributed by atoms with Gasteiger partial charge in [0, 0.05) is 5.69 Å². The Balaban J connectivity index is 2.39. The van der Waals surface area contributed by atoms with Crippen molar-refractivity contribution in [3.63, 3.8) is 0 Å². The molecule has 1 atom stereocenters. The summed E-state index contributed by atoms with van der Waals surface area (Å²) in [5.41, 5.74) is 7.34. The summed E-state index contributed by atoms with van der Waals surface area (Å²) in [6.45, 7) is 4.29. The highest BCUT2D eigenvalue weighted by Crippen LogP contribution is 2.31. The maximum atomic E-state index is 5.86. The normalized spacial score (nSPS) is 12.3. The highest BCUT2D eigenvalue weighted by molar-refractivity contribution is 5.68. The highest BCUT2D eigenvalue weighted by atomic mass is 16.5. The van der Waals surface area contributed by atoms with Crippen LogP contribution in [0.25, 0.3) is 11.4 Å². The number of hydrogen-bond acceptors (Lipinski definition) is 5. The van der Waals surface area contributed by atoms with Crippen molar-refractivity contribution < 1.29 is 4.74 Å². The maximum absolute atomic E-state index is 5.86. The Morgan fingerprint density at radius 3 is 2.90 bits per heavy atom. The zero-order valence-corrected chi connectivity index (χ0v) is 12.2. The van der Waals surface area contributed by atoms with Gasteiger partial charge >= 0.3 is 0 Å². The maximum Gasteiger partial charge on any atom is 0.186 e. The van der Waals surface area contributed by atoms with E-state index in [0.29, 0.717) is 11.5 Å². The molecule has 0 aliphatic carbocycles. The number of tetrazole rings is 1. The number of nitrogens with zero attached hydrogens (tertiary/aromatic N) is 4. The fraction of sp³-hybridized carbons (Fsp3) is 0.500. The third-order valence-electron chi connectivity index (χ3n) is 3.35. The second kappa shape index (κ2) is 6.36. The van der Waals surface area contributed by atoms with Crippen molar-refractivity contribution >= 4 is 5.69 Å². The van der Waals surface area contributed by atoms with Crippen LogP contribution in [0.4, 0.5) is 5.69 Å². The van der Waals surface area contributed by atoms with E-state index < -0.39 is 0 Å². The van der Waals surface area contributed by atoms with E-state index in [1.807, 2.05) is 16.8 Å². The summed E-state index contributed by atoms with van der Waals surface area (Å²) in [6, 6.07) is 5.72. The first-order valence-corrected chi connectivity index (χ1v) is 6.89. The topological polar surface area (TPSA) is 78.9 Å². The van der Waals surface area contributed by atoms with E-state index in [1.54, 1.807) is 13.2 Å². The van der Waals surface area contributed by atoms with Gasteiger partial charge < -0.3 is 10.5 Å². The molecule has 0 saturated heterocycles. The molecule has 1 aromatic heterocycles. The molecule has 6 heteroatoms. The molecular weight excluding hydrogens is 254 g/mol. The molecule has 6 nitrogen and oxygen atoms in total. The molecule has 0 bridgehead atoms. The second-order valence-corrected chi connectivity index (χ2v) is 4.90. The highest BCUT2D eigenvalue weighted by Gasteiger charge is 2.17. The van der Waals surface area contributed by atoms with Crippen molar-refractivity contribution in [3.8, 4) is 17.1 Å². The van der Waals surface area contributed by atoms with Crippen molar-refractivity contribution in [2.75, 3.05) is 12.8 Å². The number of nitrogens with two attached hydrogens (primary N) is 1. The molecule has 2 N–H and O–H groups in total. The summed E-state index contributed by atoms with van der Waals surface area (Å²) in [5.74, 6) is 1.41. The van der Waals surface area contributed by atoms with Gasteiger partial charge in [-0.2, -0.15) is 0 Å². The van der Waals surface area contributed by atoms with Crippen LogP contribution in [0.15, 0.2) is 18.2 Å². The van der Waals surface area contributed by atoms with Crippen molar-refractivity contribution in [1.82, 2.24) is 20.2 Å². The number of methoxy groups -OCH3 is 1. The molecule has 0 aliphatic heterocycles. The van der Waals surface area contributed by atoms with Crippen LogP contribution in [0.3, 0.4) is 0 Å². The molecule has 2 rings (SSSR count). The van der Waals surface area contributed by atoms with Gasteiger partial charge in [0.1, 0.15) is 5.75 Å². The lowest BCUT2D eigenvalue weighted by atomic mass is 10.1. The molecule has 1 heterocycles. The smallest absolute Gasteiger partial charge is 0.186 e. The molecule has 108 valence electrons. The Morgan fingerprint density at radius 1 is 1.40 bits per heavy atom. The monoisotopic (exact) mass is 275 g/mol. The van der Waals surface area contributed by atoms with Gasteiger partial charge in [0.2, 0.25) is 0 Å². The SMILES string of the molecule is CCCCC(C)n1nnnc1-c1cc(N)ccc1OC. The van der Waals surface area contributed by atoms with Crippen molar-refractivity contribution in [1.29, 1.82) is 0 Å². The van der Waals surface area contributed by atoms with Crippen molar-refractivity contribution in [2.45, 2.75) is 39.2 Å². The van der Waals surface area contributed by atoms with Crippen LogP contribution < -0.4 is 10.5 Å². The van der Waals surface area contributed by atoms with E-state index >= 15 is 0 Å². The summed E-state index contributed by atoms with van der Waals surface area (Å²) in [4.78, 5) is 0. The Labute approximate surface area is 118 Å². The Bertz CT molecular complexity index is 566. The molecular formula is C14H21N5O. The zero-order valence-electron chi connectivity index (χ0n) is 12.2. The van der Waals surface area contributed by atoms with Crippen LogP contribution in [0.2, 0.25) is 0 Å². The van der Waals surface area contributed by atoms with Gasteiger partial charge in [0.25, 0.3) is 0 Å². The van der Waals surface area contributed by atoms with Crippen LogP contribution in [0.1, 0.15) is 39.2 Å². The number of rotatable bonds is 6. The number of unbranched alkanes of at least 4 members (excludes halogenated alkanes) is 1. The molecule has 0 radical (unpaired) electrons. The van der Waals surface area contributed by atoms with Gasteiger partial charge in [-0.25, -0.2) is 4.68 Å². The molecule has 0 amide bonds. The molecule has 20 heavy (non-hydrogen) atoms. The van der Waals surface area contributed by atoms with Crippen LogP contribution in [-0.4, -0.2) is 27.3 Å². The van der Waals surface area contributed by atoms with Gasteiger partial charge in [-0.05, 0) is 42.0 Å². The minimum atomic E-state index is 0.242. The molecule has 0 aliphatic rings. The number of anilines is 1. The van der Waals surface area contributed by atoms with Gasteiger partial charge in [0.05, 0.1) is 18.7 Å². The predicted octanol–water partition coefficient (Wildman–Crippen LogP) is 2.68. The van der Waals surface area contributed by atoms with Gasteiger partial charge in [-0.15, -0.1) is 5.10 Å². The number of hydrogen-bond donors (Lipinski definition) is 1. The fourth-order valence-electron chi connectivity index (χ4n) is 2.19. The summed E-state index contributed by atoms with van der Waals surface area (Å²) < 4.78 is 7.22. The molecule has 0 spiro atoms. The average Bonchev–Trinajstić information content (AvgIpc) is 2.94. The lowest BCUT2D eigenvalue weighted by Gasteiger charge is -2.14. The Morgan fingerprint density at radius 2 is 2.20 bits per heavy atom. The average molecular weight is 275 g/mol.